The zero-order valence-corrected chi connectivity index (χ0v) is 24.4. The SMILES string of the molecule is CCCCCCCCN(C(=O)C(CCC(N)=O)NC(=O)OC(C)(C)C)C(C(=O)NC(C)C)c1ccc(O)cc1. The van der Waals surface area contributed by atoms with Crippen molar-refractivity contribution < 1.29 is 29.0 Å². The summed E-state index contributed by atoms with van der Waals surface area (Å²) in [5.41, 5.74) is 5.07. The zero-order valence-electron chi connectivity index (χ0n) is 24.4. The number of unbranched alkanes of at least 4 members (excludes halogenated alkanes) is 5. The molecular formula is C29H48N4O6. The fourth-order valence-electron chi connectivity index (χ4n) is 4.12. The molecule has 0 bridgehead atoms. The van der Waals surface area contributed by atoms with Gasteiger partial charge in [-0.2, -0.15) is 0 Å². The average molecular weight is 549 g/mol. The highest BCUT2D eigenvalue weighted by Gasteiger charge is 2.36. The van der Waals surface area contributed by atoms with Crippen LogP contribution in [-0.4, -0.2) is 58.1 Å². The van der Waals surface area contributed by atoms with E-state index in [1.54, 1.807) is 32.9 Å². The average Bonchev–Trinajstić information content (AvgIpc) is 2.82. The van der Waals surface area contributed by atoms with Crippen molar-refractivity contribution in [2.75, 3.05) is 6.54 Å². The number of rotatable bonds is 16. The number of hydrogen-bond donors (Lipinski definition) is 4. The molecule has 0 aliphatic heterocycles. The molecule has 0 aliphatic rings. The lowest BCUT2D eigenvalue weighted by atomic mass is 10.00. The van der Waals surface area contributed by atoms with Gasteiger partial charge in [-0.05, 0) is 65.2 Å². The molecule has 1 rings (SSSR count). The number of nitrogens with zero attached hydrogens (tertiary/aromatic N) is 1. The predicted octanol–water partition coefficient (Wildman–Crippen LogP) is 4.31. The molecule has 5 N–H and O–H groups in total. The van der Waals surface area contributed by atoms with Gasteiger partial charge in [0.2, 0.25) is 17.7 Å². The first-order valence-corrected chi connectivity index (χ1v) is 13.9. The van der Waals surface area contributed by atoms with E-state index in [9.17, 15) is 24.3 Å². The lowest BCUT2D eigenvalue weighted by Gasteiger charge is -2.35. The highest BCUT2D eigenvalue weighted by molar-refractivity contribution is 5.92. The monoisotopic (exact) mass is 548 g/mol. The van der Waals surface area contributed by atoms with Crippen molar-refractivity contribution in [1.82, 2.24) is 15.5 Å². The number of nitrogens with two attached hydrogens (primary N) is 1. The van der Waals surface area contributed by atoms with Crippen LogP contribution < -0.4 is 16.4 Å². The number of phenols is 1. The van der Waals surface area contributed by atoms with Gasteiger partial charge in [0, 0.05) is 19.0 Å². The Bertz CT molecular complexity index is 927. The fourth-order valence-corrected chi connectivity index (χ4v) is 4.12. The molecule has 0 saturated carbocycles. The number of primary amides is 1. The molecule has 220 valence electrons. The van der Waals surface area contributed by atoms with Crippen LogP contribution in [0, 0.1) is 0 Å². The molecule has 2 atom stereocenters. The normalized spacial score (nSPS) is 12.9. The summed E-state index contributed by atoms with van der Waals surface area (Å²) in [4.78, 5) is 53.2. The highest BCUT2D eigenvalue weighted by atomic mass is 16.6. The number of carbonyl (C=O) groups excluding carboxylic acids is 4. The third kappa shape index (κ3) is 13.4. The summed E-state index contributed by atoms with van der Waals surface area (Å²) in [7, 11) is 0. The molecule has 0 aromatic heterocycles. The third-order valence-corrected chi connectivity index (χ3v) is 5.90. The molecule has 0 heterocycles. The smallest absolute Gasteiger partial charge is 0.408 e. The molecule has 1 aromatic carbocycles. The molecule has 10 nitrogen and oxygen atoms in total. The standard InChI is InChI=1S/C29H48N4O6/c1-7-8-9-10-11-12-19-33(25(26(36)31-20(2)3)21-13-15-22(34)16-14-21)27(37)23(17-18-24(30)35)32-28(38)39-29(4,5)6/h13-16,20,23,25,34H,7-12,17-19H2,1-6H3,(H2,30,35)(H,31,36)(H,32,38). The maximum atomic E-state index is 14.1. The summed E-state index contributed by atoms with van der Waals surface area (Å²) in [5, 5.41) is 15.3. The molecule has 39 heavy (non-hydrogen) atoms. The van der Waals surface area contributed by atoms with Gasteiger partial charge in [0.25, 0.3) is 0 Å². The van der Waals surface area contributed by atoms with Gasteiger partial charge >= 0.3 is 6.09 Å². The van der Waals surface area contributed by atoms with Crippen LogP contribution in [-0.2, 0) is 19.1 Å². The molecule has 0 aliphatic carbocycles. The lowest BCUT2D eigenvalue weighted by molar-refractivity contribution is -0.143. The van der Waals surface area contributed by atoms with Crippen molar-refractivity contribution in [2.45, 2.75) is 117 Å². The number of benzene rings is 1. The largest absolute Gasteiger partial charge is 0.508 e. The van der Waals surface area contributed by atoms with Crippen molar-refractivity contribution in [1.29, 1.82) is 0 Å². The van der Waals surface area contributed by atoms with Gasteiger partial charge in [-0.25, -0.2) is 4.79 Å². The van der Waals surface area contributed by atoms with Gasteiger partial charge in [0.1, 0.15) is 23.4 Å². The molecule has 1 aromatic rings. The van der Waals surface area contributed by atoms with E-state index in [1.807, 2.05) is 13.8 Å². The second-order valence-electron chi connectivity index (χ2n) is 11.2. The summed E-state index contributed by atoms with van der Waals surface area (Å²) >= 11 is 0. The van der Waals surface area contributed by atoms with E-state index in [0.717, 1.165) is 32.1 Å². The Labute approximate surface area is 233 Å². The van der Waals surface area contributed by atoms with Gasteiger partial charge < -0.3 is 31.1 Å². The molecule has 4 amide bonds. The summed E-state index contributed by atoms with van der Waals surface area (Å²) in [6.45, 7) is 11.2. The van der Waals surface area contributed by atoms with Crippen LogP contribution in [0.25, 0.3) is 0 Å². The minimum Gasteiger partial charge on any atom is -0.508 e. The number of aromatic hydroxyl groups is 1. The number of phenolic OH excluding ortho intramolecular Hbond substituents is 1. The quantitative estimate of drug-likeness (QED) is 0.226. The molecule has 0 fully saturated rings. The predicted molar refractivity (Wildman–Crippen MR) is 151 cm³/mol. The number of nitrogens with one attached hydrogen (secondary N) is 2. The van der Waals surface area contributed by atoms with E-state index in [2.05, 4.69) is 17.6 Å². The molecule has 0 saturated heterocycles. The van der Waals surface area contributed by atoms with E-state index < -0.39 is 35.6 Å². The Hall–Kier alpha value is -3.30. The highest BCUT2D eigenvalue weighted by Crippen LogP contribution is 2.26. The maximum Gasteiger partial charge on any atom is 0.408 e. The van der Waals surface area contributed by atoms with Crippen molar-refractivity contribution in [3.05, 3.63) is 29.8 Å². The first kappa shape index (κ1) is 33.7. The van der Waals surface area contributed by atoms with E-state index in [0.29, 0.717) is 12.0 Å². The van der Waals surface area contributed by atoms with E-state index in [-0.39, 0.29) is 37.1 Å². The number of amides is 4. The van der Waals surface area contributed by atoms with Gasteiger partial charge in [-0.3, -0.25) is 14.4 Å². The Morgan fingerprint density at radius 2 is 1.56 bits per heavy atom. The van der Waals surface area contributed by atoms with Crippen LogP contribution in [0.4, 0.5) is 4.79 Å². The van der Waals surface area contributed by atoms with Gasteiger partial charge in [-0.15, -0.1) is 0 Å². The second kappa shape index (κ2) is 16.6. The van der Waals surface area contributed by atoms with Crippen LogP contribution >= 0.6 is 0 Å². The van der Waals surface area contributed by atoms with Crippen molar-refractivity contribution >= 4 is 23.8 Å². The number of ether oxygens (including phenoxy) is 1. The molecule has 0 radical (unpaired) electrons. The number of carbonyl (C=O) groups is 4. The summed E-state index contributed by atoms with van der Waals surface area (Å²) in [6.07, 6.45) is 4.84. The van der Waals surface area contributed by atoms with Crippen LogP contribution in [0.2, 0.25) is 0 Å². The lowest BCUT2D eigenvalue weighted by Crippen LogP contribution is -2.54. The summed E-state index contributed by atoms with van der Waals surface area (Å²) < 4.78 is 5.36. The first-order valence-electron chi connectivity index (χ1n) is 13.9. The van der Waals surface area contributed by atoms with Crippen LogP contribution in [0.1, 0.15) is 105 Å². The van der Waals surface area contributed by atoms with Crippen LogP contribution in [0.15, 0.2) is 24.3 Å². The van der Waals surface area contributed by atoms with Crippen molar-refractivity contribution in [2.24, 2.45) is 5.73 Å². The Morgan fingerprint density at radius 1 is 0.974 bits per heavy atom. The maximum absolute atomic E-state index is 14.1. The van der Waals surface area contributed by atoms with Crippen LogP contribution in [0.3, 0.4) is 0 Å². The third-order valence-electron chi connectivity index (χ3n) is 5.90. The Balaban J connectivity index is 3.42. The zero-order chi connectivity index (χ0) is 29.6. The van der Waals surface area contributed by atoms with E-state index >= 15 is 0 Å². The minimum absolute atomic E-state index is 0.0292. The number of hydrogen-bond acceptors (Lipinski definition) is 6. The summed E-state index contributed by atoms with van der Waals surface area (Å²) in [6, 6.07) is 3.77. The van der Waals surface area contributed by atoms with Crippen molar-refractivity contribution in [3.63, 3.8) is 0 Å². The van der Waals surface area contributed by atoms with E-state index in [1.165, 1.54) is 17.0 Å². The van der Waals surface area contributed by atoms with Gasteiger partial charge in [0.05, 0.1) is 0 Å². The molecule has 0 spiro atoms. The molecular weight excluding hydrogens is 500 g/mol. The van der Waals surface area contributed by atoms with E-state index in [4.69, 9.17) is 10.5 Å². The summed E-state index contributed by atoms with van der Waals surface area (Å²) in [5.74, 6) is -1.50. The molecule has 2 unspecified atom stereocenters. The Kier molecular flexibility index (Phi) is 14.4. The topological polar surface area (TPSA) is 151 Å². The molecule has 10 heteroatoms. The number of alkyl carbamates (subject to hydrolysis) is 1. The first-order chi connectivity index (χ1) is 18.2. The van der Waals surface area contributed by atoms with Gasteiger partial charge in [-0.1, -0.05) is 51.2 Å². The Morgan fingerprint density at radius 3 is 2.10 bits per heavy atom. The van der Waals surface area contributed by atoms with Crippen molar-refractivity contribution in [3.8, 4) is 5.75 Å². The van der Waals surface area contributed by atoms with Crippen LogP contribution in [0.5, 0.6) is 5.75 Å². The second-order valence-corrected chi connectivity index (χ2v) is 11.2. The van der Waals surface area contributed by atoms with Gasteiger partial charge in [0.15, 0.2) is 0 Å². The minimum atomic E-state index is -1.14. The fraction of sp³-hybridized carbons (Fsp3) is 0.655.